The van der Waals surface area contributed by atoms with E-state index in [2.05, 4.69) is 11.3 Å². The quantitative estimate of drug-likeness (QED) is 0.457. The van der Waals surface area contributed by atoms with Crippen molar-refractivity contribution < 1.29 is 14.3 Å². The van der Waals surface area contributed by atoms with Crippen LogP contribution in [-0.4, -0.2) is 43.9 Å². The summed E-state index contributed by atoms with van der Waals surface area (Å²) < 4.78 is 4.48. The topological polar surface area (TPSA) is 46.6 Å². The Labute approximate surface area is 83.8 Å². The highest BCUT2D eigenvalue weighted by Crippen LogP contribution is 1.86. The highest BCUT2D eigenvalue weighted by atomic mass is 16.5. The second kappa shape index (κ2) is 7.03. The van der Waals surface area contributed by atoms with Crippen LogP contribution in [0.15, 0.2) is 24.8 Å². The molecule has 0 aromatic rings. The van der Waals surface area contributed by atoms with Gasteiger partial charge in [0.2, 0.25) is 0 Å². The molecule has 0 aromatic heterocycles. The van der Waals surface area contributed by atoms with Crippen LogP contribution >= 0.6 is 0 Å². The standard InChI is InChI=1S/C10H15NO3/c1-4-9(12)6-5-7-11(2)8-10(13)14-3/h4-6H,1,7-8H2,2-3H3/b6-5+. The molecule has 0 saturated carbocycles. The van der Waals surface area contributed by atoms with Gasteiger partial charge >= 0.3 is 5.97 Å². The minimum atomic E-state index is -0.295. The van der Waals surface area contributed by atoms with Gasteiger partial charge in [0, 0.05) is 6.54 Å². The van der Waals surface area contributed by atoms with Crippen LogP contribution in [0.1, 0.15) is 0 Å². The van der Waals surface area contributed by atoms with Gasteiger partial charge in [0.05, 0.1) is 13.7 Å². The molecular weight excluding hydrogens is 182 g/mol. The van der Waals surface area contributed by atoms with Gasteiger partial charge in [0.1, 0.15) is 0 Å². The van der Waals surface area contributed by atoms with Crippen LogP contribution in [0.25, 0.3) is 0 Å². The zero-order valence-corrected chi connectivity index (χ0v) is 8.53. The fraction of sp³-hybridized carbons (Fsp3) is 0.400. The van der Waals surface area contributed by atoms with Crippen molar-refractivity contribution >= 4 is 11.8 Å². The second-order valence-electron chi connectivity index (χ2n) is 2.78. The smallest absolute Gasteiger partial charge is 0.319 e. The Morgan fingerprint density at radius 3 is 2.64 bits per heavy atom. The van der Waals surface area contributed by atoms with Crippen molar-refractivity contribution in [3.63, 3.8) is 0 Å². The molecule has 0 spiro atoms. The molecule has 0 aliphatic heterocycles. The molecule has 0 aliphatic carbocycles. The maximum Gasteiger partial charge on any atom is 0.319 e. The first-order chi connectivity index (χ1) is 6.60. The number of carbonyl (C=O) groups excluding carboxylic acids is 2. The molecule has 0 rings (SSSR count). The summed E-state index contributed by atoms with van der Waals surface area (Å²) in [5.74, 6) is -0.438. The van der Waals surface area contributed by atoms with Gasteiger partial charge in [-0.2, -0.15) is 0 Å². The lowest BCUT2D eigenvalue weighted by Gasteiger charge is -2.11. The summed E-state index contributed by atoms with van der Waals surface area (Å²) in [5.41, 5.74) is 0. The van der Waals surface area contributed by atoms with Crippen LogP contribution in [0.4, 0.5) is 0 Å². The average molecular weight is 197 g/mol. The van der Waals surface area contributed by atoms with Gasteiger partial charge in [-0.3, -0.25) is 14.5 Å². The molecule has 0 heterocycles. The monoisotopic (exact) mass is 197 g/mol. The van der Waals surface area contributed by atoms with Crippen molar-refractivity contribution in [2.45, 2.75) is 0 Å². The molecule has 0 amide bonds. The Morgan fingerprint density at radius 2 is 2.14 bits per heavy atom. The van der Waals surface area contributed by atoms with Crippen LogP contribution in [0.2, 0.25) is 0 Å². The number of likely N-dealkylation sites (N-methyl/N-ethyl adjacent to an activating group) is 1. The van der Waals surface area contributed by atoms with Gasteiger partial charge in [0.25, 0.3) is 0 Å². The molecule has 0 bridgehead atoms. The predicted octanol–water partition coefficient (Wildman–Crippen LogP) is 0.402. The summed E-state index contributed by atoms with van der Waals surface area (Å²) in [7, 11) is 3.10. The van der Waals surface area contributed by atoms with Crippen molar-refractivity contribution in [2.24, 2.45) is 0 Å². The van der Waals surface area contributed by atoms with E-state index in [9.17, 15) is 9.59 Å². The normalized spacial score (nSPS) is 10.5. The molecule has 0 atom stereocenters. The van der Waals surface area contributed by atoms with Gasteiger partial charge in [-0.05, 0) is 19.2 Å². The van der Waals surface area contributed by atoms with Crippen molar-refractivity contribution in [3.05, 3.63) is 24.8 Å². The summed E-state index contributed by atoms with van der Waals surface area (Å²) in [4.78, 5) is 23.3. The van der Waals surface area contributed by atoms with E-state index < -0.39 is 0 Å². The minimum Gasteiger partial charge on any atom is -0.468 e. The van der Waals surface area contributed by atoms with Crippen LogP contribution < -0.4 is 0 Å². The van der Waals surface area contributed by atoms with E-state index in [1.807, 2.05) is 0 Å². The van der Waals surface area contributed by atoms with Gasteiger partial charge in [0.15, 0.2) is 5.78 Å². The molecule has 0 unspecified atom stereocenters. The molecule has 14 heavy (non-hydrogen) atoms. The second-order valence-corrected chi connectivity index (χ2v) is 2.78. The molecule has 0 fully saturated rings. The summed E-state index contributed by atoms with van der Waals surface area (Å²) in [5, 5.41) is 0. The van der Waals surface area contributed by atoms with Crippen molar-refractivity contribution in [1.29, 1.82) is 0 Å². The van der Waals surface area contributed by atoms with Crippen molar-refractivity contribution in [2.75, 3.05) is 27.2 Å². The third-order valence-corrected chi connectivity index (χ3v) is 1.53. The first kappa shape index (κ1) is 12.6. The molecular formula is C10H15NO3. The number of hydrogen-bond donors (Lipinski definition) is 0. The third kappa shape index (κ3) is 6.14. The highest BCUT2D eigenvalue weighted by molar-refractivity contribution is 5.98. The number of nitrogens with zero attached hydrogens (tertiary/aromatic N) is 1. The number of methoxy groups -OCH3 is 1. The van der Waals surface area contributed by atoms with E-state index in [1.165, 1.54) is 19.3 Å². The van der Waals surface area contributed by atoms with Crippen molar-refractivity contribution in [3.8, 4) is 0 Å². The zero-order chi connectivity index (χ0) is 11.0. The Kier molecular flexibility index (Phi) is 6.32. The van der Waals surface area contributed by atoms with E-state index >= 15 is 0 Å². The fourth-order valence-electron chi connectivity index (χ4n) is 0.766. The largest absolute Gasteiger partial charge is 0.468 e. The Morgan fingerprint density at radius 1 is 1.50 bits per heavy atom. The number of esters is 1. The van der Waals surface area contributed by atoms with E-state index in [-0.39, 0.29) is 18.3 Å². The average Bonchev–Trinajstić information content (AvgIpc) is 2.17. The van der Waals surface area contributed by atoms with E-state index in [0.29, 0.717) is 6.54 Å². The van der Waals surface area contributed by atoms with Crippen LogP contribution in [0, 0.1) is 0 Å². The lowest BCUT2D eigenvalue weighted by molar-refractivity contribution is -0.141. The Bertz CT molecular complexity index is 246. The lowest BCUT2D eigenvalue weighted by Crippen LogP contribution is -2.26. The molecule has 0 aliphatic rings. The number of rotatable bonds is 6. The van der Waals surface area contributed by atoms with Gasteiger partial charge in [-0.25, -0.2) is 0 Å². The molecule has 0 N–H and O–H groups in total. The highest BCUT2D eigenvalue weighted by Gasteiger charge is 2.03. The maximum atomic E-state index is 10.8. The van der Waals surface area contributed by atoms with Crippen LogP contribution in [0.5, 0.6) is 0 Å². The van der Waals surface area contributed by atoms with E-state index in [0.717, 1.165) is 0 Å². The van der Waals surface area contributed by atoms with Crippen LogP contribution in [0.3, 0.4) is 0 Å². The summed E-state index contributed by atoms with van der Waals surface area (Å²) in [6, 6.07) is 0. The summed E-state index contributed by atoms with van der Waals surface area (Å²) in [6.07, 6.45) is 4.32. The Balaban J connectivity index is 3.78. The summed E-state index contributed by atoms with van der Waals surface area (Å²) >= 11 is 0. The first-order valence-electron chi connectivity index (χ1n) is 4.18. The third-order valence-electron chi connectivity index (χ3n) is 1.53. The molecule has 0 saturated heterocycles. The first-order valence-corrected chi connectivity index (χ1v) is 4.18. The number of ketones is 1. The number of carbonyl (C=O) groups is 2. The number of allylic oxidation sites excluding steroid dienone is 2. The predicted molar refractivity (Wildman–Crippen MR) is 53.9 cm³/mol. The molecule has 4 nitrogen and oxygen atoms in total. The summed E-state index contributed by atoms with van der Waals surface area (Å²) in [6.45, 7) is 4.07. The van der Waals surface area contributed by atoms with Crippen LogP contribution in [-0.2, 0) is 14.3 Å². The molecule has 4 heteroatoms. The lowest BCUT2D eigenvalue weighted by atomic mass is 10.3. The molecule has 78 valence electrons. The van der Waals surface area contributed by atoms with E-state index in [1.54, 1.807) is 18.0 Å². The van der Waals surface area contributed by atoms with E-state index in [4.69, 9.17) is 0 Å². The minimum absolute atomic E-state index is 0.142. The van der Waals surface area contributed by atoms with Gasteiger partial charge in [-0.1, -0.05) is 12.7 Å². The van der Waals surface area contributed by atoms with Crippen molar-refractivity contribution in [1.82, 2.24) is 4.90 Å². The molecule has 0 radical (unpaired) electrons. The number of ether oxygens (including phenoxy) is 1. The number of hydrogen-bond acceptors (Lipinski definition) is 4. The fourth-order valence-corrected chi connectivity index (χ4v) is 0.766. The SMILES string of the molecule is C=CC(=O)/C=C/CN(C)CC(=O)OC. The Hall–Kier alpha value is -1.42. The maximum absolute atomic E-state index is 10.8. The zero-order valence-electron chi connectivity index (χ0n) is 8.53. The molecule has 0 aromatic carbocycles. The van der Waals surface area contributed by atoms with Gasteiger partial charge in [-0.15, -0.1) is 0 Å². The van der Waals surface area contributed by atoms with Gasteiger partial charge < -0.3 is 4.74 Å².